The molecule has 0 heterocycles. The van der Waals surface area contributed by atoms with Crippen LogP contribution in [-0.4, -0.2) is 14.7 Å². The quantitative estimate of drug-likeness (QED) is 0.843. The molecule has 0 amide bonds. The van der Waals surface area contributed by atoms with Crippen molar-refractivity contribution in [2.24, 2.45) is 0 Å². The largest absolute Gasteiger partial charge is 0.224 e. The zero-order chi connectivity index (χ0) is 14.0. The lowest BCUT2D eigenvalue weighted by molar-refractivity contribution is 0.602. The number of hydrogen-bond donors (Lipinski definition) is 0. The van der Waals surface area contributed by atoms with Crippen LogP contribution in [0.5, 0.6) is 0 Å². The van der Waals surface area contributed by atoms with Gasteiger partial charge in [-0.15, -0.1) is 0 Å². The first kappa shape index (κ1) is 13.3. The van der Waals surface area contributed by atoms with Crippen LogP contribution in [0.25, 0.3) is 11.1 Å². The van der Waals surface area contributed by atoms with Crippen molar-refractivity contribution < 1.29 is 8.42 Å². The van der Waals surface area contributed by atoms with Crippen molar-refractivity contribution in [1.29, 1.82) is 5.26 Å². The molecule has 0 unspecified atom stereocenters. The predicted octanol–water partition coefficient (Wildman–Crippen LogP) is 2.94. The molecule has 19 heavy (non-hydrogen) atoms. The Kier molecular flexibility index (Phi) is 3.41. The molecule has 0 radical (unpaired) electrons. The Hall–Kier alpha value is -2.12. The average molecular weight is 271 g/mol. The molecule has 0 atom stereocenters. The van der Waals surface area contributed by atoms with Gasteiger partial charge in [0.05, 0.1) is 16.5 Å². The van der Waals surface area contributed by atoms with Crippen LogP contribution in [-0.2, 0) is 9.84 Å². The smallest absolute Gasteiger partial charge is 0.175 e. The number of rotatable bonds is 2. The third kappa shape index (κ3) is 2.83. The highest BCUT2D eigenvalue weighted by atomic mass is 32.2. The van der Waals surface area contributed by atoms with Crippen LogP contribution >= 0.6 is 0 Å². The van der Waals surface area contributed by atoms with Crippen LogP contribution < -0.4 is 0 Å². The second kappa shape index (κ2) is 4.87. The summed E-state index contributed by atoms with van der Waals surface area (Å²) in [6.45, 7) is 1.96. The minimum Gasteiger partial charge on any atom is -0.224 e. The maximum absolute atomic E-state index is 11.4. The number of sulfone groups is 1. The molecule has 0 aliphatic rings. The second-order valence-electron chi connectivity index (χ2n) is 4.44. The van der Waals surface area contributed by atoms with Gasteiger partial charge in [0.2, 0.25) is 0 Å². The molecule has 0 N–H and O–H groups in total. The lowest BCUT2D eigenvalue weighted by Crippen LogP contribution is -1.96. The Balaban J connectivity index is 2.52. The third-order valence-electron chi connectivity index (χ3n) is 2.96. The number of nitriles is 1. The maximum Gasteiger partial charge on any atom is 0.175 e. The first-order chi connectivity index (χ1) is 8.91. The molecule has 0 spiro atoms. The fourth-order valence-corrected chi connectivity index (χ4v) is 2.51. The Morgan fingerprint density at radius 2 is 1.68 bits per heavy atom. The molecule has 0 aromatic heterocycles. The van der Waals surface area contributed by atoms with Crippen molar-refractivity contribution in [3.8, 4) is 17.2 Å². The summed E-state index contributed by atoms with van der Waals surface area (Å²) < 4.78 is 22.8. The summed E-state index contributed by atoms with van der Waals surface area (Å²) in [6.07, 6.45) is 1.18. The summed E-state index contributed by atoms with van der Waals surface area (Å²) >= 11 is 0. The first-order valence-electron chi connectivity index (χ1n) is 5.73. The van der Waals surface area contributed by atoms with E-state index in [0.717, 1.165) is 16.7 Å². The number of nitrogens with zero attached hydrogens (tertiary/aromatic N) is 1. The number of hydrogen-bond acceptors (Lipinski definition) is 3. The van der Waals surface area contributed by atoms with E-state index < -0.39 is 9.84 Å². The predicted molar refractivity (Wildman–Crippen MR) is 74.4 cm³/mol. The molecule has 3 nitrogen and oxygen atoms in total. The molecule has 96 valence electrons. The molecule has 0 saturated heterocycles. The van der Waals surface area contributed by atoms with Gasteiger partial charge >= 0.3 is 0 Å². The Morgan fingerprint density at radius 1 is 1.05 bits per heavy atom. The van der Waals surface area contributed by atoms with Gasteiger partial charge in [-0.05, 0) is 47.9 Å². The molecule has 0 aliphatic heterocycles. The van der Waals surface area contributed by atoms with E-state index in [4.69, 9.17) is 5.26 Å². The van der Waals surface area contributed by atoms with Gasteiger partial charge < -0.3 is 0 Å². The normalized spacial score (nSPS) is 11.0. The summed E-state index contributed by atoms with van der Waals surface area (Å²) in [5.41, 5.74) is 3.49. The van der Waals surface area contributed by atoms with Crippen LogP contribution in [0.4, 0.5) is 0 Å². The summed E-state index contributed by atoms with van der Waals surface area (Å²) in [4.78, 5) is 0.297. The number of aryl methyl sites for hydroxylation is 1. The van der Waals surface area contributed by atoms with Gasteiger partial charge in [0.1, 0.15) is 0 Å². The molecular formula is C15H13NO2S. The van der Waals surface area contributed by atoms with Crippen LogP contribution in [0.15, 0.2) is 47.4 Å². The van der Waals surface area contributed by atoms with Crippen molar-refractivity contribution in [2.75, 3.05) is 6.26 Å². The topological polar surface area (TPSA) is 57.9 Å². The van der Waals surface area contributed by atoms with E-state index >= 15 is 0 Å². The van der Waals surface area contributed by atoms with Crippen LogP contribution in [0.3, 0.4) is 0 Å². The van der Waals surface area contributed by atoms with Gasteiger partial charge in [0.25, 0.3) is 0 Å². The van der Waals surface area contributed by atoms with Gasteiger partial charge in [-0.3, -0.25) is 0 Å². The van der Waals surface area contributed by atoms with Gasteiger partial charge in [-0.2, -0.15) is 5.26 Å². The highest BCUT2D eigenvalue weighted by Gasteiger charge is 2.08. The van der Waals surface area contributed by atoms with Crippen LogP contribution in [0, 0.1) is 18.3 Å². The lowest BCUT2D eigenvalue weighted by atomic mass is 9.98. The Bertz CT molecular complexity index is 754. The van der Waals surface area contributed by atoms with E-state index in [9.17, 15) is 8.42 Å². The van der Waals surface area contributed by atoms with E-state index in [0.29, 0.717) is 10.5 Å². The summed E-state index contributed by atoms with van der Waals surface area (Å²) in [7, 11) is -3.18. The van der Waals surface area contributed by atoms with Crippen LogP contribution in [0.2, 0.25) is 0 Å². The highest BCUT2D eigenvalue weighted by molar-refractivity contribution is 7.90. The van der Waals surface area contributed by atoms with E-state index in [1.165, 1.54) is 6.26 Å². The molecule has 2 aromatic rings. The fraction of sp³-hybridized carbons (Fsp3) is 0.133. The summed E-state index contributed by atoms with van der Waals surface area (Å²) in [5.74, 6) is 0. The van der Waals surface area contributed by atoms with Crippen molar-refractivity contribution >= 4 is 9.84 Å². The summed E-state index contributed by atoms with van der Waals surface area (Å²) in [6, 6.07) is 14.3. The molecule has 0 bridgehead atoms. The average Bonchev–Trinajstić information content (AvgIpc) is 2.38. The van der Waals surface area contributed by atoms with Gasteiger partial charge in [0, 0.05) is 6.26 Å². The fourth-order valence-electron chi connectivity index (χ4n) is 1.88. The molecule has 0 fully saturated rings. The number of benzene rings is 2. The molecule has 0 saturated carbocycles. The lowest BCUT2D eigenvalue weighted by Gasteiger charge is -2.07. The first-order valence-corrected chi connectivity index (χ1v) is 7.62. The monoisotopic (exact) mass is 271 g/mol. The van der Waals surface area contributed by atoms with Crippen molar-refractivity contribution in [3.05, 3.63) is 53.6 Å². The van der Waals surface area contributed by atoms with Crippen molar-refractivity contribution in [2.45, 2.75) is 11.8 Å². The van der Waals surface area contributed by atoms with E-state index in [2.05, 4.69) is 6.07 Å². The zero-order valence-corrected chi connectivity index (χ0v) is 11.5. The Morgan fingerprint density at radius 3 is 2.21 bits per heavy atom. The Labute approximate surface area is 113 Å². The van der Waals surface area contributed by atoms with Crippen LogP contribution in [0.1, 0.15) is 11.1 Å². The molecular weight excluding hydrogens is 258 g/mol. The van der Waals surface area contributed by atoms with Crippen molar-refractivity contribution in [3.63, 3.8) is 0 Å². The molecule has 4 heteroatoms. The van der Waals surface area contributed by atoms with E-state index in [1.807, 2.05) is 19.1 Å². The molecule has 2 rings (SSSR count). The van der Waals surface area contributed by atoms with E-state index in [1.54, 1.807) is 30.3 Å². The maximum atomic E-state index is 11.4. The minimum atomic E-state index is -3.18. The van der Waals surface area contributed by atoms with Gasteiger partial charge in [0.15, 0.2) is 9.84 Å². The van der Waals surface area contributed by atoms with Gasteiger partial charge in [-0.1, -0.05) is 18.2 Å². The van der Waals surface area contributed by atoms with Crippen molar-refractivity contribution in [1.82, 2.24) is 0 Å². The third-order valence-corrected chi connectivity index (χ3v) is 4.09. The van der Waals surface area contributed by atoms with E-state index in [-0.39, 0.29) is 0 Å². The SMILES string of the molecule is Cc1ccc(C#N)cc1-c1ccc(S(C)(=O)=O)cc1. The molecule has 2 aromatic carbocycles. The standard InChI is InChI=1S/C15H13NO2S/c1-11-3-4-12(10-16)9-15(11)13-5-7-14(8-6-13)19(2,17)18/h3-9H,1-2H3. The molecule has 0 aliphatic carbocycles. The summed E-state index contributed by atoms with van der Waals surface area (Å²) in [5, 5.41) is 8.92. The second-order valence-corrected chi connectivity index (χ2v) is 6.45. The highest BCUT2D eigenvalue weighted by Crippen LogP contribution is 2.25. The zero-order valence-electron chi connectivity index (χ0n) is 10.7. The minimum absolute atomic E-state index is 0.297. The van der Waals surface area contributed by atoms with Gasteiger partial charge in [-0.25, -0.2) is 8.42 Å².